The number of aryl methyl sites for hydroxylation is 3. The summed E-state index contributed by atoms with van der Waals surface area (Å²) in [6.07, 6.45) is 3.09. The minimum atomic E-state index is -4.12. The van der Waals surface area contributed by atoms with Crippen molar-refractivity contribution in [2.24, 2.45) is 10.8 Å². The second-order valence-corrected chi connectivity index (χ2v) is 10.7. The molecule has 10 nitrogen and oxygen atoms in total. The molecule has 1 aliphatic heterocycles. The van der Waals surface area contributed by atoms with Gasteiger partial charge in [0.15, 0.2) is 5.03 Å². The van der Waals surface area contributed by atoms with E-state index in [2.05, 4.69) is 14.0 Å². The van der Waals surface area contributed by atoms with Crippen molar-refractivity contribution >= 4 is 25.7 Å². The SMILES string of the molecule is Cc1cnn(C)c1S(=O)(=O)N=S1(=O)CCCN(C(=O)c2conc2C)CC1. The van der Waals surface area contributed by atoms with Crippen LogP contribution in [0.25, 0.3) is 0 Å². The van der Waals surface area contributed by atoms with Gasteiger partial charge in [-0.25, -0.2) is 4.21 Å². The van der Waals surface area contributed by atoms with E-state index in [0.29, 0.717) is 29.8 Å². The predicted octanol–water partition coefficient (Wildman–Crippen LogP) is 0.728. The normalized spacial score (nSPS) is 21.1. The van der Waals surface area contributed by atoms with E-state index >= 15 is 0 Å². The van der Waals surface area contributed by atoms with Gasteiger partial charge in [0, 0.05) is 31.5 Å². The van der Waals surface area contributed by atoms with Crippen LogP contribution in [0.1, 0.15) is 28.0 Å². The molecule has 1 amide bonds. The Morgan fingerprint density at radius 1 is 1.30 bits per heavy atom. The zero-order chi connectivity index (χ0) is 19.8. The lowest BCUT2D eigenvalue weighted by atomic mass is 10.2. The Morgan fingerprint density at radius 3 is 2.63 bits per heavy atom. The van der Waals surface area contributed by atoms with Crippen molar-refractivity contribution in [2.75, 3.05) is 24.6 Å². The number of carbonyl (C=O) groups excluding carboxylic acids is 1. The molecule has 0 aromatic carbocycles. The number of rotatable bonds is 3. The van der Waals surface area contributed by atoms with Crippen molar-refractivity contribution in [1.82, 2.24) is 19.8 Å². The number of sulfonamides is 1. The predicted molar refractivity (Wildman–Crippen MR) is 97.2 cm³/mol. The Hall–Kier alpha value is -2.21. The molecule has 1 atom stereocenters. The summed E-state index contributed by atoms with van der Waals surface area (Å²) < 4.78 is 48.2. The highest BCUT2D eigenvalue weighted by Crippen LogP contribution is 2.20. The van der Waals surface area contributed by atoms with Gasteiger partial charge in [-0.3, -0.25) is 9.48 Å². The summed E-state index contributed by atoms with van der Waals surface area (Å²) in [5.41, 5.74) is 1.26. The summed E-state index contributed by atoms with van der Waals surface area (Å²) in [5.74, 6) is -0.183. The first-order valence-corrected chi connectivity index (χ1v) is 11.6. The van der Waals surface area contributed by atoms with Crippen molar-refractivity contribution in [3.63, 3.8) is 0 Å². The first-order valence-electron chi connectivity index (χ1n) is 8.31. The van der Waals surface area contributed by atoms with Gasteiger partial charge in [-0.1, -0.05) is 5.16 Å². The van der Waals surface area contributed by atoms with E-state index in [9.17, 15) is 17.4 Å². The van der Waals surface area contributed by atoms with E-state index < -0.39 is 19.8 Å². The average Bonchev–Trinajstić information content (AvgIpc) is 3.09. The molecule has 0 bridgehead atoms. The molecule has 2 aromatic rings. The quantitative estimate of drug-likeness (QED) is 0.723. The number of amides is 1. The third kappa shape index (κ3) is 3.90. The summed E-state index contributed by atoms with van der Waals surface area (Å²) in [4.78, 5) is 14.1. The van der Waals surface area contributed by atoms with Gasteiger partial charge in [-0.15, -0.1) is 3.77 Å². The van der Waals surface area contributed by atoms with Crippen LogP contribution in [0.5, 0.6) is 0 Å². The highest BCUT2D eigenvalue weighted by molar-refractivity contribution is 8.03. The van der Waals surface area contributed by atoms with Gasteiger partial charge in [0.1, 0.15) is 11.8 Å². The monoisotopic (exact) mass is 415 g/mol. The standard InChI is InChI=1S/C15H21N5O5S2/c1-11-9-16-19(3)15(11)27(23,24)18-26(22)7-4-5-20(6-8-26)14(21)13-10-25-17-12(13)2/h9-10H,4-8H2,1-3H3. The number of nitrogens with zero attached hydrogens (tertiary/aromatic N) is 5. The summed E-state index contributed by atoms with van der Waals surface area (Å²) in [6.45, 7) is 3.78. The second-order valence-electron chi connectivity index (χ2n) is 6.45. The molecule has 0 aliphatic carbocycles. The lowest BCUT2D eigenvalue weighted by Gasteiger charge is -2.19. The molecule has 3 rings (SSSR count). The van der Waals surface area contributed by atoms with Crippen LogP contribution < -0.4 is 0 Å². The fourth-order valence-electron chi connectivity index (χ4n) is 3.01. The van der Waals surface area contributed by atoms with Gasteiger partial charge in [-0.05, 0) is 20.3 Å². The molecule has 12 heteroatoms. The second kappa shape index (κ2) is 7.08. The Morgan fingerprint density at radius 2 is 2.04 bits per heavy atom. The molecule has 1 unspecified atom stereocenters. The van der Waals surface area contributed by atoms with Crippen LogP contribution in [-0.4, -0.2) is 63.0 Å². The minimum absolute atomic E-state index is 0.0147. The molecule has 1 saturated heterocycles. The van der Waals surface area contributed by atoms with Crippen LogP contribution in [0.3, 0.4) is 0 Å². The van der Waals surface area contributed by atoms with Gasteiger partial charge in [0.25, 0.3) is 5.91 Å². The molecule has 3 heterocycles. The number of aromatic nitrogens is 3. The van der Waals surface area contributed by atoms with E-state index in [4.69, 9.17) is 4.52 Å². The molecule has 0 N–H and O–H groups in total. The number of carbonyl (C=O) groups is 1. The van der Waals surface area contributed by atoms with Crippen molar-refractivity contribution in [3.05, 3.63) is 29.3 Å². The zero-order valence-electron chi connectivity index (χ0n) is 15.3. The first-order chi connectivity index (χ1) is 12.6. The van der Waals surface area contributed by atoms with E-state index in [1.54, 1.807) is 13.8 Å². The number of hydrogen-bond donors (Lipinski definition) is 0. The van der Waals surface area contributed by atoms with Crippen molar-refractivity contribution in [2.45, 2.75) is 25.3 Å². The molecule has 0 saturated carbocycles. The fourth-order valence-corrected chi connectivity index (χ4v) is 7.45. The van der Waals surface area contributed by atoms with Crippen LogP contribution in [0, 0.1) is 13.8 Å². The van der Waals surface area contributed by atoms with Gasteiger partial charge in [0.05, 0.1) is 27.4 Å². The van der Waals surface area contributed by atoms with Crippen LogP contribution in [-0.2, 0) is 26.8 Å². The van der Waals surface area contributed by atoms with Gasteiger partial charge in [-0.2, -0.15) is 13.5 Å². The molecule has 0 spiro atoms. The molecular weight excluding hydrogens is 394 g/mol. The third-order valence-corrected chi connectivity index (χ3v) is 9.07. The van der Waals surface area contributed by atoms with E-state index in [1.165, 1.54) is 29.1 Å². The van der Waals surface area contributed by atoms with Gasteiger partial charge in [0.2, 0.25) is 0 Å². The van der Waals surface area contributed by atoms with Crippen LogP contribution in [0.2, 0.25) is 0 Å². The van der Waals surface area contributed by atoms with E-state index in [0.717, 1.165) is 0 Å². The largest absolute Gasteiger partial charge is 0.364 e. The topological polar surface area (TPSA) is 128 Å². The fraction of sp³-hybridized carbons (Fsp3) is 0.533. The van der Waals surface area contributed by atoms with E-state index in [1.807, 2.05) is 0 Å². The molecule has 27 heavy (non-hydrogen) atoms. The van der Waals surface area contributed by atoms with Crippen LogP contribution >= 0.6 is 0 Å². The number of hydrogen-bond acceptors (Lipinski definition) is 7. The third-order valence-electron chi connectivity index (χ3n) is 4.37. The van der Waals surface area contributed by atoms with Crippen molar-refractivity contribution < 1.29 is 21.9 Å². The Balaban J connectivity index is 1.86. The van der Waals surface area contributed by atoms with Crippen LogP contribution in [0.4, 0.5) is 0 Å². The molecule has 0 radical (unpaired) electrons. The smallest absolute Gasteiger partial charge is 0.307 e. The Labute approximate surface area is 157 Å². The van der Waals surface area contributed by atoms with Gasteiger partial charge < -0.3 is 9.42 Å². The molecular formula is C15H21N5O5S2. The maximum absolute atomic E-state index is 13.1. The maximum atomic E-state index is 13.1. The first kappa shape index (κ1) is 19.5. The van der Waals surface area contributed by atoms with Crippen molar-refractivity contribution in [3.8, 4) is 0 Å². The highest BCUT2D eigenvalue weighted by Gasteiger charge is 2.28. The van der Waals surface area contributed by atoms with Gasteiger partial charge >= 0.3 is 10.0 Å². The Bertz CT molecular complexity index is 1070. The lowest BCUT2D eigenvalue weighted by molar-refractivity contribution is 0.0767. The van der Waals surface area contributed by atoms with Crippen molar-refractivity contribution in [1.29, 1.82) is 0 Å². The molecule has 1 fully saturated rings. The summed E-state index contributed by atoms with van der Waals surface area (Å²) in [7, 11) is -5.65. The highest BCUT2D eigenvalue weighted by atomic mass is 32.3. The summed E-state index contributed by atoms with van der Waals surface area (Å²) >= 11 is 0. The minimum Gasteiger partial charge on any atom is -0.364 e. The Kier molecular flexibility index (Phi) is 5.12. The summed E-state index contributed by atoms with van der Waals surface area (Å²) in [6, 6.07) is 0. The maximum Gasteiger partial charge on any atom is 0.307 e. The zero-order valence-corrected chi connectivity index (χ0v) is 16.9. The molecule has 1 aliphatic rings. The van der Waals surface area contributed by atoms with Crippen LogP contribution in [0.15, 0.2) is 25.8 Å². The molecule has 148 valence electrons. The average molecular weight is 415 g/mol. The summed E-state index contributed by atoms with van der Waals surface area (Å²) in [5, 5.41) is 7.53. The molecule has 2 aromatic heterocycles. The van der Waals surface area contributed by atoms with E-state index in [-0.39, 0.29) is 29.0 Å². The lowest BCUT2D eigenvalue weighted by Crippen LogP contribution is -2.33.